The van der Waals surface area contributed by atoms with Crippen LogP contribution in [-0.4, -0.2) is 30.6 Å². The molecule has 1 fully saturated rings. The van der Waals surface area contributed by atoms with Gasteiger partial charge < -0.3 is 10.5 Å². The quantitative estimate of drug-likeness (QED) is 0.667. The van der Waals surface area contributed by atoms with E-state index < -0.39 is 0 Å². The molecule has 0 saturated carbocycles. The van der Waals surface area contributed by atoms with Gasteiger partial charge in [-0.2, -0.15) is 0 Å². The van der Waals surface area contributed by atoms with Crippen molar-refractivity contribution in [2.45, 2.75) is 4.90 Å². The fourth-order valence-corrected chi connectivity index (χ4v) is 2.81. The van der Waals surface area contributed by atoms with E-state index in [1.165, 1.54) is 0 Å². The van der Waals surface area contributed by atoms with Gasteiger partial charge in [-0.25, -0.2) is 4.31 Å². The van der Waals surface area contributed by atoms with E-state index in [2.05, 4.69) is 4.31 Å². The normalized spacial score (nSPS) is 17.6. The monoisotopic (exact) mass is 278 g/mol. The highest BCUT2D eigenvalue weighted by atomic mass is 35.5. The summed E-state index contributed by atoms with van der Waals surface area (Å²) in [6.07, 6.45) is 0. The first-order valence-corrected chi connectivity index (χ1v) is 6.45. The van der Waals surface area contributed by atoms with Crippen LogP contribution in [0.1, 0.15) is 0 Å². The highest BCUT2D eigenvalue weighted by Crippen LogP contribution is 2.35. The van der Waals surface area contributed by atoms with E-state index in [1.54, 1.807) is 18.0 Å². The number of nitrogen functional groups attached to an aromatic ring is 1. The molecule has 1 aliphatic rings. The Bertz CT molecular complexity index is 383. The van der Waals surface area contributed by atoms with Gasteiger partial charge in [0.25, 0.3) is 0 Å². The fourth-order valence-electron chi connectivity index (χ4n) is 1.39. The molecule has 1 heterocycles. The minimum atomic E-state index is 0.497. The van der Waals surface area contributed by atoms with Crippen molar-refractivity contribution in [1.29, 1.82) is 0 Å². The molecule has 2 N–H and O–H groups in total. The summed E-state index contributed by atoms with van der Waals surface area (Å²) in [5.74, 6) is 0. The van der Waals surface area contributed by atoms with E-state index in [0.717, 1.165) is 31.2 Å². The predicted molar refractivity (Wildman–Crippen MR) is 69.1 cm³/mol. The number of anilines is 1. The van der Waals surface area contributed by atoms with E-state index in [1.807, 2.05) is 6.07 Å². The number of hydrogen-bond acceptors (Lipinski definition) is 4. The number of halogens is 2. The van der Waals surface area contributed by atoms with Crippen LogP contribution in [0, 0.1) is 0 Å². The second kappa shape index (κ2) is 5.47. The lowest BCUT2D eigenvalue weighted by atomic mass is 10.3. The van der Waals surface area contributed by atoms with Crippen LogP contribution in [0.2, 0.25) is 10.0 Å². The molecule has 0 bridgehead atoms. The van der Waals surface area contributed by atoms with Gasteiger partial charge in [-0.3, -0.25) is 0 Å². The lowest BCUT2D eigenvalue weighted by Crippen LogP contribution is -2.30. The summed E-state index contributed by atoms with van der Waals surface area (Å²) < 4.78 is 7.48. The molecular weight excluding hydrogens is 267 g/mol. The Balaban J connectivity index is 2.11. The second-order valence-corrected chi connectivity index (χ2v) is 5.39. The summed E-state index contributed by atoms with van der Waals surface area (Å²) in [5, 5.41) is 1.13. The van der Waals surface area contributed by atoms with Crippen LogP contribution in [0.4, 0.5) is 5.69 Å². The van der Waals surface area contributed by atoms with E-state index in [0.29, 0.717) is 15.7 Å². The Morgan fingerprint density at radius 1 is 1.19 bits per heavy atom. The third kappa shape index (κ3) is 2.96. The van der Waals surface area contributed by atoms with Crippen molar-refractivity contribution in [3.8, 4) is 0 Å². The Labute approximate surface area is 109 Å². The molecule has 0 radical (unpaired) electrons. The summed E-state index contributed by atoms with van der Waals surface area (Å²) in [6, 6.07) is 3.49. The first-order valence-electron chi connectivity index (χ1n) is 4.92. The van der Waals surface area contributed by atoms with Crippen LogP contribution in [0.15, 0.2) is 17.0 Å². The highest BCUT2D eigenvalue weighted by molar-refractivity contribution is 7.97. The van der Waals surface area contributed by atoms with Gasteiger partial charge in [-0.15, -0.1) is 0 Å². The molecule has 0 atom stereocenters. The van der Waals surface area contributed by atoms with Gasteiger partial charge in [0.1, 0.15) is 0 Å². The number of benzene rings is 1. The van der Waals surface area contributed by atoms with Crippen LogP contribution < -0.4 is 5.73 Å². The van der Waals surface area contributed by atoms with Crippen LogP contribution in [0.3, 0.4) is 0 Å². The number of morpholine rings is 1. The molecule has 2 rings (SSSR count). The molecule has 0 spiro atoms. The van der Waals surface area contributed by atoms with E-state index in [4.69, 9.17) is 33.7 Å². The number of hydrogen-bond donors (Lipinski definition) is 1. The average molecular weight is 279 g/mol. The zero-order valence-electron chi connectivity index (χ0n) is 8.58. The third-order valence-corrected chi connectivity index (χ3v) is 4.16. The Morgan fingerprint density at radius 3 is 2.56 bits per heavy atom. The van der Waals surface area contributed by atoms with Crippen molar-refractivity contribution in [3.63, 3.8) is 0 Å². The van der Waals surface area contributed by atoms with Crippen molar-refractivity contribution >= 4 is 40.8 Å². The fraction of sp³-hybridized carbons (Fsp3) is 0.400. The van der Waals surface area contributed by atoms with Gasteiger partial charge in [-0.05, 0) is 24.1 Å². The lowest BCUT2D eigenvalue weighted by molar-refractivity contribution is 0.0773. The molecular formula is C10H12Cl2N2OS. The molecule has 88 valence electrons. The van der Waals surface area contributed by atoms with Gasteiger partial charge in [0.15, 0.2) is 0 Å². The summed E-state index contributed by atoms with van der Waals surface area (Å²) in [7, 11) is 0. The maximum Gasteiger partial charge on any atom is 0.0651 e. The maximum atomic E-state index is 6.10. The van der Waals surface area contributed by atoms with Gasteiger partial charge in [0.05, 0.1) is 28.9 Å². The van der Waals surface area contributed by atoms with Crippen molar-refractivity contribution in [3.05, 3.63) is 22.2 Å². The SMILES string of the molecule is Nc1cc(SN2CCOCC2)c(Cl)cc1Cl. The first kappa shape index (κ1) is 12.3. The largest absolute Gasteiger partial charge is 0.397 e. The number of nitrogens with zero attached hydrogens (tertiary/aromatic N) is 1. The van der Waals surface area contributed by atoms with Crippen LogP contribution in [-0.2, 0) is 4.74 Å². The van der Waals surface area contributed by atoms with Crippen molar-refractivity contribution in [1.82, 2.24) is 4.31 Å². The average Bonchev–Trinajstić information content (AvgIpc) is 2.27. The second-order valence-electron chi connectivity index (χ2n) is 3.44. The molecule has 0 amide bonds. The summed E-state index contributed by atoms with van der Waals surface area (Å²) in [6.45, 7) is 3.30. The minimum Gasteiger partial charge on any atom is -0.397 e. The van der Waals surface area contributed by atoms with E-state index in [-0.39, 0.29) is 0 Å². The zero-order valence-corrected chi connectivity index (χ0v) is 10.9. The molecule has 0 unspecified atom stereocenters. The molecule has 1 aromatic carbocycles. The molecule has 1 aliphatic heterocycles. The van der Waals surface area contributed by atoms with Gasteiger partial charge in [-0.1, -0.05) is 23.2 Å². The van der Waals surface area contributed by atoms with Crippen LogP contribution >= 0.6 is 35.1 Å². The Morgan fingerprint density at radius 2 is 1.88 bits per heavy atom. The number of rotatable bonds is 2. The highest BCUT2D eigenvalue weighted by Gasteiger charge is 2.14. The lowest BCUT2D eigenvalue weighted by Gasteiger charge is -2.25. The first-order chi connectivity index (χ1) is 7.66. The van der Waals surface area contributed by atoms with Gasteiger partial charge in [0.2, 0.25) is 0 Å². The van der Waals surface area contributed by atoms with Crippen LogP contribution in [0.25, 0.3) is 0 Å². The van der Waals surface area contributed by atoms with Crippen LogP contribution in [0.5, 0.6) is 0 Å². The molecule has 1 saturated heterocycles. The molecule has 16 heavy (non-hydrogen) atoms. The molecule has 3 nitrogen and oxygen atoms in total. The topological polar surface area (TPSA) is 38.5 Å². The Kier molecular flexibility index (Phi) is 4.21. The number of ether oxygens (including phenoxy) is 1. The summed E-state index contributed by atoms with van der Waals surface area (Å²) in [4.78, 5) is 0.936. The maximum absolute atomic E-state index is 6.10. The molecule has 0 aromatic heterocycles. The predicted octanol–water partition coefficient (Wildman–Crippen LogP) is 2.91. The molecule has 0 aliphatic carbocycles. The van der Waals surface area contributed by atoms with Crippen molar-refractivity contribution < 1.29 is 4.74 Å². The third-order valence-electron chi connectivity index (χ3n) is 2.25. The van der Waals surface area contributed by atoms with Gasteiger partial charge >= 0.3 is 0 Å². The van der Waals surface area contributed by atoms with E-state index >= 15 is 0 Å². The Hall–Kier alpha value is -0.130. The summed E-state index contributed by atoms with van der Waals surface area (Å²) >= 11 is 13.6. The van der Waals surface area contributed by atoms with Gasteiger partial charge in [0, 0.05) is 18.0 Å². The number of nitrogens with two attached hydrogens (primary N) is 1. The smallest absolute Gasteiger partial charge is 0.0651 e. The standard InChI is InChI=1S/C10H12Cl2N2OS/c11-7-5-8(12)10(6-9(7)13)16-14-1-3-15-4-2-14/h5-6H,1-4,13H2. The minimum absolute atomic E-state index is 0.497. The zero-order chi connectivity index (χ0) is 11.5. The molecule has 6 heteroatoms. The summed E-state index contributed by atoms with van der Waals surface area (Å²) in [5.41, 5.74) is 6.30. The van der Waals surface area contributed by atoms with Crippen molar-refractivity contribution in [2.75, 3.05) is 32.0 Å². The van der Waals surface area contributed by atoms with Crippen molar-refractivity contribution in [2.24, 2.45) is 0 Å². The van der Waals surface area contributed by atoms with E-state index in [9.17, 15) is 0 Å². The molecule has 1 aromatic rings.